The SMILES string of the molecule is Cc1[nH]c2ccccc2c1C(=O)[C@H](NCCc1ccc(S(N)(=O)=O)cc1)c1ccccc1. The number of sulfonamides is 1. The van der Waals surface area contributed by atoms with E-state index in [0.29, 0.717) is 18.5 Å². The zero-order valence-corrected chi connectivity index (χ0v) is 18.5. The van der Waals surface area contributed by atoms with Crippen LogP contribution in [0, 0.1) is 6.92 Å². The van der Waals surface area contributed by atoms with Gasteiger partial charge < -0.3 is 10.3 Å². The van der Waals surface area contributed by atoms with Gasteiger partial charge in [0.05, 0.1) is 10.9 Å². The molecule has 6 nitrogen and oxygen atoms in total. The Hall–Kier alpha value is -3.26. The molecule has 4 N–H and O–H groups in total. The summed E-state index contributed by atoms with van der Waals surface area (Å²) in [5.74, 6) is 0.00993. The summed E-state index contributed by atoms with van der Waals surface area (Å²) < 4.78 is 22.9. The summed E-state index contributed by atoms with van der Waals surface area (Å²) in [5.41, 5.74) is 4.33. The number of aromatic amines is 1. The van der Waals surface area contributed by atoms with Crippen molar-refractivity contribution < 1.29 is 13.2 Å². The average Bonchev–Trinajstić information content (AvgIpc) is 3.12. The Morgan fingerprint density at radius 2 is 1.62 bits per heavy atom. The van der Waals surface area contributed by atoms with Crippen molar-refractivity contribution in [2.45, 2.75) is 24.3 Å². The molecule has 4 aromatic rings. The van der Waals surface area contributed by atoms with Crippen molar-refractivity contribution in [1.82, 2.24) is 10.3 Å². The smallest absolute Gasteiger partial charge is 0.238 e. The fraction of sp³-hybridized carbons (Fsp3) is 0.160. The van der Waals surface area contributed by atoms with Gasteiger partial charge in [0.1, 0.15) is 0 Å². The Bertz CT molecular complexity index is 1340. The number of fused-ring (bicyclic) bond motifs is 1. The van der Waals surface area contributed by atoms with E-state index in [0.717, 1.165) is 27.7 Å². The van der Waals surface area contributed by atoms with E-state index in [4.69, 9.17) is 5.14 Å². The first-order valence-corrected chi connectivity index (χ1v) is 11.9. The number of hydrogen-bond acceptors (Lipinski definition) is 4. The van der Waals surface area contributed by atoms with E-state index in [1.807, 2.05) is 61.5 Å². The lowest BCUT2D eigenvalue weighted by Gasteiger charge is -2.19. The molecule has 0 unspecified atom stereocenters. The number of hydrogen-bond donors (Lipinski definition) is 3. The van der Waals surface area contributed by atoms with Gasteiger partial charge in [0.2, 0.25) is 10.0 Å². The standard InChI is InChI=1S/C25H25N3O3S/c1-17-23(21-9-5-6-10-22(21)28-17)25(29)24(19-7-3-2-4-8-19)27-16-15-18-11-13-20(14-12-18)32(26,30)31/h2-14,24,27-28H,15-16H2,1H3,(H2,26,30,31)/t24-/m1/s1. The van der Waals surface area contributed by atoms with Gasteiger partial charge in [0, 0.05) is 28.7 Å². The van der Waals surface area contributed by atoms with E-state index in [9.17, 15) is 13.2 Å². The highest BCUT2D eigenvalue weighted by Gasteiger charge is 2.25. The van der Waals surface area contributed by atoms with Gasteiger partial charge in [-0.3, -0.25) is 4.79 Å². The van der Waals surface area contributed by atoms with Crippen molar-refractivity contribution >= 4 is 26.7 Å². The second-order valence-corrected chi connectivity index (χ2v) is 9.33. The normalized spacial score (nSPS) is 12.7. The lowest BCUT2D eigenvalue weighted by molar-refractivity contribution is 0.0944. The monoisotopic (exact) mass is 447 g/mol. The highest BCUT2D eigenvalue weighted by Crippen LogP contribution is 2.27. The Balaban J connectivity index is 1.56. The minimum atomic E-state index is -3.71. The molecule has 0 aliphatic heterocycles. The van der Waals surface area contributed by atoms with Crippen LogP contribution < -0.4 is 10.5 Å². The number of carbonyl (C=O) groups excluding carboxylic acids is 1. The molecule has 0 fully saturated rings. The number of Topliss-reactive ketones (excluding diaryl/α,β-unsaturated/α-hetero) is 1. The summed E-state index contributed by atoms with van der Waals surface area (Å²) in [6, 6.07) is 23.4. The Morgan fingerprint density at radius 1 is 0.969 bits per heavy atom. The first kappa shape index (κ1) is 22.0. The molecule has 0 aliphatic carbocycles. The number of aromatic nitrogens is 1. The Labute approximate surface area is 187 Å². The van der Waals surface area contributed by atoms with Gasteiger partial charge in [-0.25, -0.2) is 13.6 Å². The van der Waals surface area contributed by atoms with Crippen LogP contribution in [0.1, 0.15) is 33.2 Å². The van der Waals surface area contributed by atoms with Crippen molar-refractivity contribution in [3.05, 3.63) is 101 Å². The van der Waals surface area contributed by atoms with Gasteiger partial charge in [-0.15, -0.1) is 0 Å². The van der Waals surface area contributed by atoms with Crippen LogP contribution in [-0.4, -0.2) is 25.7 Å². The number of nitrogens with one attached hydrogen (secondary N) is 2. The van der Waals surface area contributed by atoms with Crippen LogP contribution in [0.25, 0.3) is 10.9 Å². The summed E-state index contributed by atoms with van der Waals surface area (Å²) in [5, 5.41) is 9.48. The van der Waals surface area contributed by atoms with Crippen molar-refractivity contribution in [2.75, 3.05) is 6.54 Å². The summed E-state index contributed by atoms with van der Waals surface area (Å²) >= 11 is 0. The molecule has 0 amide bonds. The van der Waals surface area contributed by atoms with Crippen LogP contribution in [0.3, 0.4) is 0 Å². The predicted molar refractivity (Wildman–Crippen MR) is 126 cm³/mol. The molecule has 1 heterocycles. The highest BCUT2D eigenvalue weighted by atomic mass is 32.2. The van der Waals surface area contributed by atoms with Crippen molar-refractivity contribution in [1.29, 1.82) is 0 Å². The maximum absolute atomic E-state index is 13.7. The number of para-hydroxylation sites is 1. The number of benzene rings is 3. The summed E-state index contributed by atoms with van der Waals surface area (Å²) in [6.45, 7) is 2.46. The van der Waals surface area contributed by atoms with Gasteiger partial charge in [-0.05, 0) is 42.7 Å². The number of nitrogens with two attached hydrogens (primary N) is 1. The number of aryl methyl sites for hydroxylation is 1. The number of H-pyrrole nitrogens is 1. The summed E-state index contributed by atoms with van der Waals surface area (Å²) in [7, 11) is -3.71. The molecule has 0 aliphatic rings. The van der Waals surface area contributed by atoms with Crippen LogP contribution in [0.5, 0.6) is 0 Å². The minimum absolute atomic E-state index is 0.00993. The lowest BCUT2D eigenvalue weighted by atomic mass is 9.95. The molecule has 3 aromatic carbocycles. The highest BCUT2D eigenvalue weighted by molar-refractivity contribution is 7.89. The minimum Gasteiger partial charge on any atom is -0.358 e. The third-order valence-electron chi connectivity index (χ3n) is 5.55. The molecular formula is C25H25N3O3S. The second-order valence-electron chi connectivity index (χ2n) is 7.77. The molecule has 0 saturated carbocycles. The van der Waals surface area contributed by atoms with Crippen molar-refractivity contribution in [3.8, 4) is 0 Å². The van der Waals surface area contributed by atoms with Crippen LogP contribution in [-0.2, 0) is 16.4 Å². The topological polar surface area (TPSA) is 105 Å². The molecular weight excluding hydrogens is 422 g/mol. The van der Waals surface area contributed by atoms with E-state index in [1.165, 1.54) is 12.1 Å². The number of rotatable bonds is 8. The van der Waals surface area contributed by atoms with Crippen molar-refractivity contribution in [3.63, 3.8) is 0 Å². The third-order valence-corrected chi connectivity index (χ3v) is 6.48. The maximum Gasteiger partial charge on any atom is 0.238 e. The van der Waals surface area contributed by atoms with Gasteiger partial charge >= 0.3 is 0 Å². The first-order valence-electron chi connectivity index (χ1n) is 10.4. The first-order chi connectivity index (χ1) is 15.3. The van der Waals surface area contributed by atoms with Gasteiger partial charge in [0.25, 0.3) is 0 Å². The molecule has 1 aromatic heterocycles. The number of primary sulfonamides is 1. The van der Waals surface area contributed by atoms with E-state index < -0.39 is 16.1 Å². The molecule has 0 bridgehead atoms. The zero-order valence-electron chi connectivity index (χ0n) is 17.7. The van der Waals surface area contributed by atoms with Gasteiger partial charge in [-0.1, -0.05) is 60.7 Å². The van der Waals surface area contributed by atoms with Gasteiger partial charge in [-0.2, -0.15) is 0 Å². The summed E-state index contributed by atoms with van der Waals surface area (Å²) in [6.07, 6.45) is 0.633. The molecule has 7 heteroatoms. The van der Waals surface area contributed by atoms with Crippen LogP contribution in [0.15, 0.2) is 83.8 Å². The van der Waals surface area contributed by atoms with E-state index >= 15 is 0 Å². The second kappa shape index (κ2) is 9.08. The Morgan fingerprint density at radius 3 is 2.31 bits per heavy atom. The predicted octanol–water partition coefficient (Wildman–Crippen LogP) is 3.88. The van der Waals surface area contributed by atoms with E-state index in [1.54, 1.807) is 12.1 Å². The fourth-order valence-electron chi connectivity index (χ4n) is 3.95. The molecule has 0 saturated heterocycles. The van der Waals surface area contributed by atoms with E-state index in [-0.39, 0.29) is 10.7 Å². The largest absolute Gasteiger partial charge is 0.358 e. The zero-order chi connectivity index (χ0) is 22.7. The van der Waals surface area contributed by atoms with Crippen LogP contribution in [0.2, 0.25) is 0 Å². The number of carbonyl (C=O) groups is 1. The molecule has 0 radical (unpaired) electrons. The molecule has 0 spiro atoms. The third kappa shape index (κ3) is 4.65. The fourth-order valence-corrected chi connectivity index (χ4v) is 4.47. The van der Waals surface area contributed by atoms with Crippen LogP contribution >= 0.6 is 0 Å². The molecule has 32 heavy (non-hydrogen) atoms. The molecule has 164 valence electrons. The average molecular weight is 448 g/mol. The molecule has 1 atom stereocenters. The van der Waals surface area contributed by atoms with Gasteiger partial charge in [0.15, 0.2) is 5.78 Å². The lowest BCUT2D eigenvalue weighted by Crippen LogP contribution is -2.30. The van der Waals surface area contributed by atoms with Crippen molar-refractivity contribution in [2.24, 2.45) is 5.14 Å². The maximum atomic E-state index is 13.7. The Kier molecular flexibility index (Phi) is 6.23. The summed E-state index contributed by atoms with van der Waals surface area (Å²) in [4.78, 5) is 17.1. The number of ketones is 1. The van der Waals surface area contributed by atoms with Crippen LogP contribution in [0.4, 0.5) is 0 Å². The molecule has 4 rings (SSSR count). The van der Waals surface area contributed by atoms with E-state index in [2.05, 4.69) is 10.3 Å². The quantitative estimate of drug-likeness (QED) is 0.357.